The predicted octanol–water partition coefficient (Wildman–Crippen LogP) is 3.01. The first kappa shape index (κ1) is 16.2. The highest BCUT2D eigenvalue weighted by Gasteiger charge is 2.48. The zero-order chi connectivity index (χ0) is 14.3. The lowest BCUT2D eigenvalue weighted by Gasteiger charge is -2.35. The molecule has 0 unspecified atom stereocenters. The number of anilines is 1. The Balaban J connectivity index is 0.00000161. The van der Waals surface area contributed by atoms with Crippen molar-refractivity contribution in [1.29, 1.82) is 0 Å². The third-order valence-corrected chi connectivity index (χ3v) is 4.55. The number of benzene rings is 1. The van der Waals surface area contributed by atoms with Crippen molar-refractivity contribution in [1.82, 2.24) is 0 Å². The van der Waals surface area contributed by atoms with Gasteiger partial charge < -0.3 is 10.6 Å². The number of carbonyl (C=O) groups is 1. The zero-order valence-electron chi connectivity index (χ0n) is 11.6. The topological polar surface area (TPSA) is 46.3 Å². The molecule has 0 radical (unpaired) electrons. The van der Waals surface area contributed by atoms with Gasteiger partial charge in [0.05, 0.1) is 5.41 Å². The number of rotatable bonds is 1. The molecule has 1 aliphatic carbocycles. The van der Waals surface area contributed by atoms with Crippen molar-refractivity contribution in [3.63, 3.8) is 0 Å². The van der Waals surface area contributed by atoms with Crippen molar-refractivity contribution in [2.24, 2.45) is 11.1 Å². The second-order valence-corrected chi connectivity index (χ2v) is 5.97. The van der Waals surface area contributed by atoms with Gasteiger partial charge in [0.1, 0.15) is 11.6 Å². The molecule has 1 saturated carbocycles. The summed E-state index contributed by atoms with van der Waals surface area (Å²) in [6.45, 7) is 0.508. The third-order valence-electron chi connectivity index (χ3n) is 4.55. The highest BCUT2D eigenvalue weighted by atomic mass is 35.5. The van der Waals surface area contributed by atoms with E-state index in [9.17, 15) is 13.6 Å². The maximum atomic E-state index is 13.3. The van der Waals surface area contributed by atoms with Crippen LogP contribution in [0.2, 0.25) is 0 Å². The highest BCUT2D eigenvalue weighted by Crippen LogP contribution is 2.45. The molecule has 116 valence electrons. The number of nitrogens with two attached hydrogens (primary N) is 1. The van der Waals surface area contributed by atoms with Gasteiger partial charge in [0, 0.05) is 24.3 Å². The van der Waals surface area contributed by atoms with Crippen LogP contribution in [0, 0.1) is 17.0 Å². The Labute approximate surface area is 128 Å². The van der Waals surface area contributed by atoms with Gasteiger partial charge in [-0.05, 0) is 37.8 Å². The van der Waals surface area contributed by atoms with Crippen LogP contribution in [0.4, 0.5) is 14.5 Å². The molecule has 1 spiro atoms. The van der Waals surface area contributed by atoms with Gasteiger partial charge in [-0.2, -0.15) is 0 Å². The van der Waals surface area contributed by atoms with Crippen molar-refractivity contribution in [3.8, 4) is 0 Å². The molecule has 2 aliphatic rings. The van der Waals surface area contributed by atoms with E-state index in [4.69, 9.17) is 5.73 Å². The SMILES string of the molecule is Cl.N[C@H]1CCC[C@]2(CCN(c3cc(F)cc(F)c3)C2=O)C1. The summed E-state index contributed by atoms with van der Waals surface area (Å²) in [5, 5.41) is 0. The fourth-order valence-corrected chi connectivity index (χ4v) is 3.59. The minimum Gasteiger partial charge on any atom is -0.328 e. The lowest BCUT2D eigenvalue weighted by Crippen LogP contribution is -2.42. The summed E-state index contributed by atoms with van der Waals surface area (Å²) in [6, 6.07) is 3.29. The molecule has 0 bridgehead atoms. The Hall–Kier alpha value is -1.20. The molecule has 0 aromatic heterocycles. The summed E-state index contributed by atoms with van der Waals surface area (Å²) in [4.78, 5) is 14.2. The lowest BCUT2D eigenvalue weighted by molar-refractivity contribution is -0.127. The van der Waals surface area contributed by atoms with Gasteiger partial charge >= 0.3 is 0 Å². The number of nitrogens with zero attached hydrogens (tertiary/aromatic N) is 1. The molecular weight excluding hydrogens is 298 g/mol. The van der Waals surface area contributed by atoms with Crippen LogP contribution < -0.4 is 10.6 Å². The Bertz CT molecular complexity index is 534. The standard InChI is InChI=1S/C15H18F2N2O.ClH/c16-10-6-11(17)8-13(7-10)19-5-4-15(14(19)20)3-1-2-12(18)9-15;/h6-8,12H,1-5,9,18H2;1H/t12-,15-;/m0./s1. The van der Waals surface area contributed by atoms with E-state index in [0.29, 0.717) is 18.7 Å². The molecule has 2 N–H and O–H groups in total. The van der Waals surface area contributed by atoms with E-state index in [-0.39, 0.29) is 24.4 Å². The van der Waals surface area contributed by atoms with Gasteiger partial charge in [-0.1, -0.05) is 6.42 Å². The van der Waals surface area contributed by atoms with Crippen LogP contribution in [-0.4, -0.2) is 18.5 Å². The molecule has 3 nitrogen and oxygen atoms in total. The fourth-order valence-electron chi connectivity index (χ4n) is 3.59. The van der Waals surface area contributed by atoms with E-state index in [1.165, 1.54) is 17.0 Å². The first-order chi connectivity index (χ1) is 9.50. The van der Waals surface area contributed by atoms with Gasteiger partial charge in [0.15, 0.2) is 0 Å². The summed E-state index contributed by atoms with van der Waals surface area (Å²) in [7, 11) is 0. The first-order valence-electron chi connectivity index (χ1n) is 7.04. The van der Waals surface area contributed by atoms with Crippen LogP contribution in [0.3, 0.4) is 0 Å². The minimum absolute atomic E-state index is 0. The van der Waals surface area contributed by atoms with Crippen LogP contribution in [0.25, 0.3) is 0 Å². The van der Waals surface area contributed by atoms with Gasteiger partial charge in [0.25, 0.3) is 0 Å². The molecule has 1 aromatic carbocycles. The van der Waals surface area contributed by atoms with Crippen LogP contribution >= 0.6 is 12.4 Å². The van der Waals surface area contributed by atoms with E-state index < -0.39 is 17.0 Å². The van der Waals surface area contributed by atoms with Gasteiger partial charge in [0.2, 0.25) is 5.91 Å². The van der Waals surface area contributed by atoms with Gasteiger partial charge in [-0.25, -0.2) is 8.78 Å². The molecule has 21 heavy (non-hydrogen) atoms. The maximum absolute atomic E-state index is 13.3. The predicted molar refractivity (Wildman–Crippen MR) is 79.5 cm³/mol. The highest BCUT2D eigenvalue weighted by molar-refractivity contribution is 6.00. The smallest absolute Gasteiger partial charge is 0.233 e. The average molecular weight is 317 g/mol. The molecule has 1 aliphatic heterocycles. The largest absolute Gasteiger partial charge is 0.328 e. The van der Waals surface area contributed by atoms with Crippen molar-refractivity contribution < 1.29 is 13.6 Å². The van der Waals surface area contributed by atoms with Crippen molar-refractivity contribution >= 4 is 24.0 Å². The Kier molecular flexibility index (Phi) is 4.54. The molecule has 1 saturated heterocycles. The molecule has 3 rings (SSSR count). The van der Waals surface area contributed by atoms with E-state index in [0.717, 1.165) is 31.7 Å². The van der Waals surface area contributed by atoms with E-state index in [2.05, 4.69) is 0 Å². The monoisotopic (exact) mass is 316 g/mol. The van der Waals surface area contributed by atoms with Gasteiger partial charge in [-0.3, -0.25) is 4.79 Å². The Morgan fingerprint density at radius 1 is 1.19 bits per heavy atom. The van der Waals surface area contributed by atoms with Crippen LogP contribution in [0.15, 0.2) is 18.2 Å². The molecule has 1 heterocycles. The second-order valence-electron chi connectivity index (χ2n) is 5.97. The fraction of sp³-hybridized carbons (Fsp3) is 0.533. The van der Waals surface area contributed by atoms with Gasteiger partial charge in [-0.15, -0.1) is 12.4 Å². The molecule has 1 aromatic rings. The summed E-state index contributed by atoms with van der Waals surface area (Å²) >= 11 is 0. The first-order valence-corrected chi connectivity index (χ1v) is 7.04. The van der Waals surface area contributed by atoms with E-state index in [1.807, 2.05) is 0 Å². The molecular formula is C15H19ClF2N2O. The van der Waals surface area contributed by atoms with E-state index >= 15 is 0 Å². The summed E-state index contributed by atoms with van der Waals surface area (Å²) < 4.78 is 26.6. The number of amides is 1. The van der Waals surface area contributed by atoms with Crippen LogP contribution in [0.1, 0.15) is 32.1 Å². The number of halogens is 3. The Morgan fingerprint density at radius 2 is 1.86 bits per heavy atom. The van der Waals surface area contributed by atoms with Crippen molar-refractivity contribution in [2.75, 3.05) is 11.4 Å². The quantitative estimate of drug-likeness (QED) is 0.865. The number of hydrogen-bond donors (Lipinski definition) is 1. The molecule has 6 heteroatoms. The summed E-state index contributed by atoms with van der Waals surface area (Å²) in [5.74, 6) is -1.35. The number of carbonyl (C=O) groups excluding carboxylic acids is 1. The average Bonchev–Trinajstić information content (AvgIpc) is 2.66. The normalized spacial score (nSPS) is 28.8. The third kappa shape index (κ3) is 2.90. The van der Waals surface area contributed by atoms with Crippen molar-refractivity contribution in [2.45, 2.75) is 38.1 Å². The molecule has 2 fully saturated rings. The van der Waals surface area contributed by atoms with Crippen LogP contribution in [0.5, 0.6) is 0 Å². The number of hydrogen-bond acceptors (Lipinski definition) is 2. The molecule has 2 atom stereocenters. The zero-order valence-corrected chi connectivity index (χ0v) is 12.5. The second kappa shape index (κ2) is 5.89. The Morgan fingerprint density at radius 3 is 2.48 bits per heavy atom. The molecule has 1 amide bonds. The summed E-state index contributed by atoms with van der Waals surface area (Å²) in [6.07, 6.45) is 4.12. The van der Waals surface area contributed by atoms with E-state index in [1.54, 1.807) is 0 Å². The lowest BCUT2D eigenvalue weighted by atomic mass is 9.71. The maximum Gasteiger partial charge on any atom is 0.233 e. The van der Waals surface area contributed by atoms with Crippen LogP contribution in [-0.2, 0) is 4.79 Å². The summed E-state index contributed by atoms with van der Waals surface area (Å²) in [5.41, 5.74) is 5.89. The minimum atomic E-state index is -0.658. The van der Waals surface area contributed by atoms with Crippen molar-refractivity contribution in [3.05, 3.63) is 29.8 Å².